The minimum atomic E-state index is 0.189. The maximum atomic E-state index is 4.51. The van der Waals surface area contributed by atoms with E-state index in [4.69, 9.17) is 0 Å². The first-order valence-electron chi connectivity index (χ1n) is 6.68. The van der Waals surface area contributed by atoms with Gasteiger partial charge in [-0.3, -0.25) is 0 Å². The van der Waals surface area contributed by atoms with Gasteiger partial charge in [-0.1, -0.05) is 27.7 Å². The van der Waals surface area contributed by atoms with Crippen LogP contribution in [0.3, 0.4) is 0 Å². The molecule has 0 amide bonds. The van der Waals surface area contributed by atoms with Crippen LogP contribution in [0.15, 0.2) is 6.33 Å². The van der Waals surface area contributed by atoms with Crippen LogP contribution in [0.1, 0.15) is 34.1 Å². The number of aromatic amines is 1. The minimum Gasteiger partial charge on any atom is -0.368 e. The second-order valence-corrected chi connectivity index (χ2v) is 5.84. The average Bonchev–Trinajstić information content (AvgIpc) is 2.80. The van der Waals surface area contributed by atoms with Crippen molar-refractivity contribution in [2.24, 2.45) is 5.41 Å². The Kier molecular flexibility index (Phi) is 3.87. The molecule has 2 aromatic rings. The zero-order valence-electron chi connectivity index (χ0n) is 12.0. The highest BCUT2D eigenvalue weighted by Gasteiger charge is 2.14. The molecule has 19 heavy (non-hydrogen) atoms. The molecule has 0 saturated heterocycles. The number of H-pyrrole nitrogens is 1. The third-order valence-corrected chi connectivity index (χ3v) is 2.60. The zero-order chi connectivity index (χ0) is 13.9. The van der Waals surface area contributed by atoms with Crippen LogP contribution in [0.4, 0.5) is 11.8 Å². The van der Waals surface area contributed by atoms with Crippen molar-refractivity contribution in [3.8, 4) is 0 Å². The van der Waals surface area contributed by atoms with Gasteiger partial charge in [-0.25, -0.2) is 4.98 Å². The van der Waals surface area contributed by atoms with Crippen molar-refractivity contribution in [3.05, 3.63) is 6.33 Å². The van der Waals surface area contributed by atoms with Crippen molar-refractivity contribution in [2.75, 3.05) is 23.7 Å². The maximum absolute atomic E-state index is 4.51. The first-order valence-corrected chi connectivity index (χ1v) is 6.68. The Balaban J connectivity index is 2.26. The summed E-state index contributed by atoms with van der Waals surface area (Å²) in [5, 5.41) is 6.57. The van der Waals surface area contributed by atoms with Crippen LogP contribution in [-0.2, 0) is 0 Å². The van der Waals surface area contributed by atoms with Crippen molar-refractivity contribution in [3.63, 3.8) is 0 Å². The van der Waals surface area contributed by atoms with Gasteiger partial charge in [0.15, 0.2) is 11.5 Å². The Labute approximate surface area is 113 Å². The smallest absolute Gasteiger partial charge is 0.226 e. The lowest BCUT2D eigenvalue weighted by molar-refractivity contribution is 0.442. The molecule has 3 N–H and O–H groups in total. The van der Waals surface area contributed by atoms with Crippen molar-refractivity contribution >= 4 is 22.9 Å². The van der Waals surface area contributed by atoms with Gasteiger partial charge in [0, 0.05) is 13.1 Å². The van der Waals surface area contributed by atoms with Gasteiger partial charge < -0.3 is 15.6 Å². The van der Waals surface area contributed by atoms with E-state index in [0.717, 1.165) is 30.8 Å². The van der Waals surface area contributed by atoms with Crippen LogP contribution >= 0.6 is 0 Å². The molecule has 0 aliphatic rings. The lowest BCUT2D eigenvalue weighted by Crippen LogP contribution is -2.20. The van der Waals surface area contributed by atoms with E-state index in [1.54, 1.807) is 6.33 Å². The van der Waals surface area contributed by atoms with E-state index >= 15 is 0 Å². The number of nitrogens with zero attached hydrogens (tertiary/aromatic N) is 3. The predicted molar refractivity (Wildman–Crippen MR) is 78.4 cm³/mol. The average molecular weight is 262 g/mol. The molecule has 104 valence electrons. The molecule has 0 spiro atoms. The molecule has 0 radical (unpaired) electrons. The molecule has 0 unspecified atom stereocenters. The zero-order valence-corrected chi connectivity index (χ0v) is 12.0. The van der Waals surface area contributed by atoms with Crippen molar-refractivity contribution in [2.45, 2.75) is 34.1 Å². The summed E-state index contributed by atoms with van der Waals surface area (Å²) >= 11 is 0. The van der Waals surface area contributed by atoms with Crippen LogP contribution in [0.5, 0.6) is 0 Å². The molecule has 6 heteroatoms. The van der Waals surface area contributed by atoms with E-state index in [1.165, 1.54) is 0 Å². The standard InChI is InChI=1S/C13H22N6/c1-5-6-14-12-18-10(15-7-13(2,3)4)9-11(19-12)17-8-16-9/h8H,5-7H2,1-4H3,(H3,14,15,16,17,18,19). The van der Waals surface area contributed by atoms with Crippen molar-refractivity contribution < 1.29 is 0 Å². The number of hydrogen-bond donors (Lipinski definition) is 3. The molecule has 2 heterocycles. The maximum Gasteiger partial charge on any atom is 0.226 e. The molecular formula is C13H22N6. The van der Waals surface area contributed by atoms with Crippen LogP contribution in [0, 0.1) is 5.41 Å². The van der Waals surface area contributed by atoms with Crippen molar-refractivity contribution in [1.29, 1.82) is 0 Å². The summed E-state index contributed by atoms with van der Waals surface area (Å²) in [5.41, 5.74) is 1.73. The quantitative estimate of drug-likeness (QED) is 0.772. The van der Waals surface area contributed by atoms with Crippen LogP contribution in [0.2, 0.25) is 0 Å². The number of rotatable bonds is 5. The van der Waals surface area contributed by atoms with Crippen molar-refractivity contribution in [1.82, 2.24) is 19.9 Å². The molecular weight excluding hydrogens is 240 g/mol. The lowest BCUT2D eigenvalue weighted by atomic mass is 9.97. The molecule has 2 rings (SSSR count). The van der Waals surface area contributed by atoms with E-state index in [2.05, 4.69) is 58.3 Å². The summed E-state index contributed by atoms with van der Waals surface area (Å²) in [6, 6.07) is 0. The first kappa shape index (κ1) is 13.6. The molecule has 0 aliphatic carbocycles. The van der Waals surface area contributed by atoms with Crippen LogP contribution in [-0.4, -0.2) is 33.0 Å². The fraction of sp³-hybridized carbons (Fsp3) is 0.615. The van der Waals surface area contributed by atoms with E-state index in [0.29, 0.717) is 11.6 Å². The van der Waals surface area contributed by atoms with Crippen LogP contribution < -0.4 is 10.6 Å². The predicted octanol–water partition coefficient (Wildman–Crippen LogP) is 2.63. The lowest BCUT2D eigenvalue weighted by Gasteiger charge is -2.19. The fourth-order valence-electron chi connectivity index (χ4n) is 1.63. The Morgan fingerprint density at radius 1 is 1.21 bits per heavy atom. The third kappa shape index (κ3) is 3.56. The molecule has 0 aromatic carbocycles. The molecule has 0 atom stereocenters. The van der Waals surface area contributed by atoms with Gasteiger partial charge in [-0.15, -0.1) is 0 Å². The van der Waals surface area contributed by atoms with Gasteiger partial charge >= 0.3 is 0 Å². The van der Waals surface area contributed by atoms with E-state index in [1.807, 2.05) is 0 Å². The van der Waals surface area contributed by atoms with E-state index in [-0.39, 0.29) is 5.41 Å². The highest BCUT2D eigenvalue weighted by Crippen LogP contribution is 2.21. The summed E-state index contributed by atoms with van der Waals surface area (Å²) in [6.07, 6.45) is 2.68. The number of imidazole rings is 1. The van der Waals surface area contributed by atoms with Gasteiger partial charge in [0.25, 0.3) is 0 Å². The summed E-state index contributed by atoms with van der Waals surface area (Å²) in [6.45, 7) is 10.4. The fourth-order valence-corrected chi connectivity index (χ4v) is 1.63. The van der Waals surface area contributed by atoms with Gasteiger partial charge in [0.1, 0.15) is 5.52 Å². The van der Waals surface area contributed by atoms with Gasteiger partial charge in [-0.2, -0.15) is 9.97 Å². The number of nitrogens with one attached hydrogen (secondary N) is 3. The number of hydrogen-bond acceptors (Lipinski definition) is 5. The van der Waals surface area contributed by atoms with Gasteiger partial charge in [0.2, 0.25) is 5.95 Å². The number of aromatic nitrogens is 4. The Hall–Kier alpha value is -1.85. The summed E-state index contributed by atoms with van der Waals surface area (Å²) in [7, 11) is 0. The SMILES string of the molecule is CCCNc1nc(NCC(C)(C)C)c2[nH]cnc2n1. The Morgan fingerprint density at radius 2 is 2.00 bits per heavy atom. The molecule has 0 aliphatic heterocycles. The summed E-state index contributed by atoms with van der Waals surface area (Å²) < 4.78 is 0. The van der Waals surface area contributed by atoms with Crippen LogP contribution in [0.25, 0.3) is 11.2 Å². The van der Waals surface area contributed by atoms with E-state index in [9.17, 15) is 0 Å². The molecule has 6 nitrogen and oxygen atoms in total. The molecule has 0 fully saturated rings. The summed E-state index contributed by atoms with van der Waals surface area (Å²) in [5.74, 6) is 1.42. The molecule has 0 saturated carbocycles. The molecule has 0 bridgehead atoms. The monoisotopic (exact) mass is 262 g/mol. The van der Waals surface area contributed by atoms with Gasteiger partial charge in [0.05, 0.1) is 6.33 Å². The second kappa shape index (κ2) is 5.42. The topological polar surface area (TPSA) is 78.5 Å². The third-order valence-electron chi connectivity index (χ3n) is 2.60. The second-order valence-electron chi connectivity index (χ2n) is 5.84. The minimum absolute atomic E-state index is 0.189. The Bertz CT molecular complexity index is 540. The number of fused-ring (bicyclic) bond motifs is 1. The molecule has 2 aromatic heterocycles. The number of anilines is 2. The first-order chi connectivity index (χ1) is 8.99. The normalized spacial score (nSPS) is 11.8. The largest absolute Gasteiger partial charge is 0.368 e. The van der Waals surface area contributed by atoms with Gasteiger partial charge in [-0.05, 0) is 11.8 Å². The Morgan fingerprint density at radius 3 is 2.68 bits per heavy atom. The summed E-state index contributed by atoms with van der Waals surface area (Å²) in [4.78, 5) is 16.2. The highest BCUT2D eigenvalue weighted by molar-refractivity contribution is 5.83. The van der Waals surface area contributed by atoms with E-state index < -0.39 is 0 Å². The highest BCUT2D eigenvalue weighted by atomic mass is 15.2.